The van der Waals surface area contributed by atoms with E-state index in [0.29, 0.717) is 18.8 Å². The first-order chi connectivity index (χ1) is 9.09. The van der Waals surface area contributed by atoms with Crippen LogP contribution in [0.3, 0.4) is 0 Å². The molecular weight excluding hydrogens is 266 g/mol. The Hall–Kier alpha value is -1.18. The van der Waals surface area contributed by atoms with Crippen LogP contribution in [0, 0.1) is 0 Å². The van der Waals surface area contributed by atoms with Crippen LogP contribution in [-0.2, 0) is 14.8 Å². The Morgan fingerprint density at radius 2 is 2.32 bits per heavy atom. The fraction of sp³-hybridized carbons (Fsp3) is 0.583. The average Bonchev–Trinajstić information content (AvgIpc) is 2.47. The second-order valence-corrected chi connectivity index (χ2v) is 6.32. The first kappa shape index (κ1) is 14.2. The van der Waals surface area contributed by atoms with Crippen LogP contribution in [0.25, 0.3) is 0 Å². The van der Waals surface area contributed by atoms with Crippen LogP contribution in [0.1, 0.15) is 12.8 Å². The Kier molecular flexibility index (Phi) is 4.38. The van der Waals surface area contributed by atoms with Crippen LogP contribution in [0.2, 0.25) is 0 Å². The van der Waals surface area contributed by atoms with Gasteiger partial charge >= 0.3 is 0 Å². The van der Waals surface area contributed by atoms with Gasteiger partial charge in [0.05, 0.1) is 11.8 Å². The van der Waals surface area contributed by atoms with Gasteiger partial charge in [0.1, 0.15) is 0 Å². The number of hydrogen-bond donors (Lipinski definition) is 1. The number of piperidine rings is 1. The molecule has 19 heavy (non-hydrogen) atoms. The highest BCUT2D eigenvalue weighted by Crippen LogP contribution is 2.25. The molecule has 2 rings (SSSR count). The summed E-state index contributed by atoms with van der Waals surface area (Å²) in [6, 6.07) is 3.41. The van der Waals surface area contributed by atoms with Crippen LogP contribution in [0.5, 0.6) is 0 Å². The number of anilines is 1. The summed E-state index contributed by atoms with van der Waals surface area (Å²) in [7, 11) is -0.272. The van der Waals surface area contributed by atoms with Gasteiger partial charge in [0.2, 0.25) is 0 Å². The zero-order chi connectivity index (χ0) is 13.9. The molecule has 7 heteroatoms. The topological polar surface area (TPSA) is 71.5 Å². The van der Waals surface area contributed by atoms with E-state index in [4.69, 9.17) is 4.74 Å². The molecule has 0 aromatic carbocycles. The second-order valence-electron chi connectivity index (χ2n) is 4.47. The summed E-state index contributed by atoms with van der Waals surface area (Å²) in [4.78, 5) is 4.01. The smallest absolute Gasteiger partial charge is 0.262 e. The van der Waals surface area contributed by atoms with Gasteiger partial charge < -0.3 is 10.1 Å². The lowest BCUT2D eigenvalue weighted by atomic mass is 10.1. The SMILES string of the molecule is CNc1cccnc1S(=O)(=O)N1CCCC(OC)C1. The second kappa shape index (κ2) is 5.85. The van der Waals surface area contributed by atoms with Gasteiger partial charge in [0, 0.05) is 33.4 Å². The molecule has 1 aromatic rings. The van der Waals surface area contributed by atoms with E-state index < -0.39 is 10.0 Å². The Bertz CT molecular complexity index is 533. The molecule has 0 amide bonds. The monoisotopic (exact) mass is 285 g/mol. The largest absolute Gasteiger partial charge is 0.386 e. The summed E-state index contributed by atoms with van der Waals surface area (Å²) in [6.07, 6.45) is 3.15. The number of nitrogens with zero attached hydrogens (tertiary/aromatic N) is 2. The van der Waals surface area contributed by atoms with Gasteiger partial charge in [-0.15, -0.1) is 0 Å². The highest BCUT2D eigenvalue weighted by Gasteiger charge is 2.32. The van der Waals surface area contributed by atoms with E-state index in [1.807, 2.05) is 0 Å². The third-order valence-electron chi connectivity index (χ3n) is 3.30. The molecule has 106 valence electrons. The van der Waals surface area contributed by atoms with Crippen molar-refractivity contribution in [3.63, 3.8) is 0 Å². The summed E-state index contributed by atoms with van der Waals surface area (Å²) in [5.41, 5.74) is 0.516. The first-order valence-corrected chi connectivity index (χ1v) is 7.69. The molecule has 0 bridgehead atoms. The molecule has 1 fully saturated rings. The van der Waals surface area contributed by atoms with E-state index in [-0.39, 0.29) is 11.1 Å². The standard InChI is InChI=1S/C12H19N3O3S/c1-13-11-6-3-7-14-12(11)19(16,17)15-8-4-5-10(9-15)18-2/h3,6-7,10,13H,4-5,8-9H2,1-2H3. The summed E-state index contributed by atoms with van der Waals surface area (Å²) >= 11 is 0. The Morgan fingerprint density at radius 1 is 1.53 bits per heavy atom. The maximum atomic E-state index is 12.6. The summed E-state index contributed by atoms with van der Waals surface area (Å²) < 4.78 is 31.9. The average molecular weight is 285 g/mol. The van der Waals surface area contributed by atoms with Crippen LogP contribution < -0.4 is 5.32 Å². The van der Waals surface area contributed by atoms with Crippen LogP contribution >= 0.6 is 0 Å². The number of aromatic nitrogens is 1. The molecular formula is C12H19N3O3S. The number of sulfonamides is 1. The molecule has 6 nitrogen and oxygen atoms in total. The zero-order valence-electron chi connectivity index (χ0n) is 11.2. The Morgan fingerprint density at radius 3 is 3.00 bits per heavy atom. The summed E-state index contributed by atoms with van der Waals surface area (Å²) in [6.45, 7) is 0.903. The van der Waals surface area contributed by atoms with Crippen molar-refractivity contribution in [2.45, 2.75) is 24.0 Å². The number of ether oxygens (including phenoxy) is 1. The Balaban J connectivity index is 2.31. The maximum Gasteiger partial charge on any atom is 0.262 e. The number of rotatable bonds is 4. The number of methoxy groups -OCH3 is 1. The van der Waals surface area contributed by atoms with E-state index in [2.05, 4.69) is 10.3 Å². The minimum absolute atomic E-state index is 0.0368. The molecule has 1 saturated heterocycles. The molecule has 1 atom stereocenters. The fourth-order valence-corrected chi connectivity index (χ4v) is 3.84. The van der Waals surface area contributed by atoms with Crippen LogP contribution in [0.15, 0.2) is 23.4 Å². The predicted octanol–water partition coefficient (Wildman–Crippen LogP) is 0.923. The molecule has 1 unspecified atom stereocenters. The van der Waals surface area contributed by atoms with Crippen molar-refractivity contribution >= 4 is 15.7 Å². The fourth-order valence-electron chi connectivity index (χ4n) is 2.22. The highest BCUT2D eigenvalue weighted by molar-refractivity contribution is 7.89. The van der Waals surface area contributed by atoms with Crippen LogP contribution in [-0.4, -0.2) is 51.1 Å². The van der Waals surface area contributed by atoms with Gasteiger partial charge in [0.15, 0.2) is 5.03 Å². The zero-order valence-corrected chi connectivity index (χ0v) is 12.0. The quantitative estimate of drug-likeness (QED) is 0.891. The van der Waals surface area contributed by atoms with Crippen molar-refractivity contribution in [2.24, 2.45) is 0 Å². The molecule has 0 spiro atoms. The number of hydrogen-bond acceptors (Lipinski definition) is 5. The maximum absolute atomic E-state index is 12.6. The van der Waals surface area contributed by atoms with Gasteiger partial charge in [-0.1, -0.05) is 0 Å². The van der Waals surface area contributed by atoms with Gasteiger partial charge in [-0.05, 0) is 25.0 Å². The van der Waals surface area contributed by atoms with Crippen molar-refractivity contribution in [3.05, 3.63) is 18.3 Å². The minimum atomic E-state index is -3.57. The lowest BCUT2D eigenvalue weighted by molar-refractivity contribution is 0.0571. The van der Waals surface area contributed by atoms with E-state index in [1.54, 1.807) is 26.3 Å². The number of nitrogens with one attached hydrogen (secondary N) is 1. The van der Waals surface area contributed by atoms with Gasteiger partial charge in [-0.25, -0.2) is 13.4 Å². The first-order valence-electron chi connectivity index (χ1n) is 6.25. The van der Waals surface area contributed by atoms with Crippen molar-refractivity contribution in [1.82, 2.24) is 9.29 Å². The van der Waals surface area contributed by atoms with Crippen molar-refractivity contribution in [3.8, 4) is 0 Å². The van der Waals surface area contributed by atoms with Crippen molar-refractivity contribution in [2.75, 3.05) is 32.6 Å². The lowest BCUT2D eigenvalue weighted by Gasteiger charge is -2.31. The summed E-state index contributed by atoms with van der Waals surface area (Å²) in [5, 5.41) is 2.94. The Labute approximate surface area is 113 Å². The number of pyridine rings is 1. The van der Waals surface area contributed by atoms with Crippen molar-refractivity contribution < 1.29 is 13.2 Å². The summed E-state index contributed by atoms with van der Waals surface area (Å²) in [5.74, 6) is 0. The van der Waals surface area contributed by atoms with Gasteiger partial charge in [-0.3, -0.25) is 0 Å². The van der Waals surface area contributed by atoms with E-state index in [9.17, 15) is 8.42 Å². The van der Waals surface area contributed by atoms with E-state index >= 15 is 0 Å². The molecule has 1 aliphatic heterocycles. The minimum Gasteiger partial charge on any atom is -0.386 e. The van der Waals surface area contributed by atoms with E-state index in [1.165, 1.54) is 10.5 Å². The molecule has 0 aliphatic carbocycles. The molecule has 2 heterocycles. The molecule has 0 radical (unpaired) electrons. The van der Waals surface area contributed by atoms with E-state index in [0.717, 1.165) is 12.8 Å². The lowest BCUT2D eigenvalue weighted by Crippen LogP contribution is -2.43. The third-order valence-corrected chi connectivity index (χ3v) is 5.12. The third kappa shape index (κ3) is 2.88. The molecule has 0 saturated carbocycles. The van der Waals surface area contributed by atoms with Gasteiger partial charge in [-0.2, -0.15) is 4.31 Å². The normalized spacial score (nSPS) is 21.3. The molecule has 1 aromatic heterocycles. The highest BCUT2D eigenvalue weighted by atomic mass is 32.2. The van der Waals surface area contributed by atoms with Crippen molar-refractivity contribution in [1.29, 1.82) is 0 Å². The van der Waals surface area contributed by atoms with Gasteiger partial charge in [0.25, 0.3) is 10.0 Å². The molecule has 1 N–H and O–H groups in total. The van der Waals surface area contributed by atoms with Crippen LogP contribution in [0.4, 0.5) is 5.69 Å². The predicted molar refractivity (Wildman–Crippen MR) is 72.6 cm³/mol. The molecule has 1 aliphatic rings.